The largest absolute Gasteiger partial charge is 0.468 e. The van der Waals surface area contributed by atoms with E-state index < -0.39 is 28.7 Å². The van der Waals surface area contributed by atoms with Crippen LogP contribution in [0.4, 0.5) is 0 Å². The van der Waals surface area contributed by atoms with Crippen LogP contribution in [0.1, 0.15) is 35.2 Å². The second kappa shape index (κ2) is 7.40. The minimum absolute atomic E-state index is 0.262. The quantitative estimate of drug-likeness (QED) is 0.415. The summed E-state index contributed by atoms with van der Waals surface area (Å²) in [5.41, 5.74) is -1.96. The van der Waals surface area contributed by atoms with Gasteiger partial charge in [-0.05, 0) is 24.1 Å². The van der Waals surface area contributed by atoms with Crippen LogP contribution in [0, 0.1) is 10.8 Å². The smallest absolute Gasteiger partial charge is 0.324 e. The van der Waals surface area contributed by atoms with E-state index in [9.17, 15) is 14.4 Å². The molecule has 146 valence electrons. The molecule has 5 nitrogen and oxygen atoms in total. The first-order valence-corrected chi connectivity index (χ1v) is 9.31. The summed E-state index contributed by atoms with van der Waals surface area (Å²) < 4.78 is 10.0. The van der Waals surface area contributed by atoms with Crippen molar-refractivity contribution in [2.24, 2.45) is 10.8 Å². The van der Waals surface area contributed by atoms with Gasteiger partial charge in [-0.2, -0.15) is 0 Å². The Morgan fingerprint density at radius 3 is 1.93 bits per heavy atom. The summed E-state index contributed by atoms with van der Waals surface area (Å²) in [5.74, 6) is -2.54. The van der Waals surface area contributed by atoms with Gasteiger partial charge in [-0.15, -0.1) is 0 Å². The molecule has 0 heterocycles. The van der Waals surface area contributed by atoms with E-state index in [0.29, 0.717) is 16.1 Å². The highest BCUT2D eigenvalue weighted by Crippen LogP contribution is 2.77. The third-order valence-electron chi connectivity index (χ3n) is 5.76. The maximum atomic E-state index is 13.6. The average molecular weight is 401 g/mol. The first-order valence-electron chi connectivity index (χ1n) is 8.93. The van der Waals surface area contributed by atoms with Crippen molar-refractivity contribution in [3.05, 3.63) is 70.7 Å². The molecular formula is C22H21ClO5. The fourth-order valence-corrected chi connectivity index (χ4v) is 4.66. The highest BCUT2D eigenvalue weighted by molar-refractivity contribution is 6.30. The normalized spacial score (nSPS) is 22.2. The number of benzene rings is 2. The van der Waals surface area contributed by atoms with Crippen LogP contribution in [0.2, 0.25) is 5.02 Å². The van der Waals surface area contributed by atoms with Crippen LogP contribution in [0.5, 0.6) is 0 Å². The van der Waals surface area contributed by atoms with Crippen molar-refractivity contribution in [1.29, 1.82) is 0 Å². The fraction of sp³-hybridized carbons (Fsp3) is 0.318. The number of rotatable bonds is 6. The molecule has 3 rings (SSSR count). The topological polar surface area (TPSA) is 69.7 Å². The number of carbonyl (C=O) groups is 3. The van der Waals surface area contributed by atoms with Crippen LogP contribution in [0.3, 0.4) is 0 Å². The third kappa shape index (κ3) is 2.57. The minimum Gasteiger partial charge on any atom is -0.468 e. The van der Waals surface area contributed by atoms with Crippen LogP contribution < -0.4 is 0 Å². The molecule has 0 bridgehead atoms. The van der Waals surface area contributed by atoms with E-state index in [2.05, 4.69) is 0 Å². The molecule has 2 aromatic rings. The monoisotopic (exact) mass is 400 g/mol. The second-order valence-electron chi connectivity index (χ2n) is 6.80. The van der Waals surface area contributed by atoms with Crippen LogP contribution >= 0.6 is 11.6 Å². The molecule has 0 saturated heterocycles. The summed E-state index contributed by atoms with van der Waals surface area (Å²) in [5, 5.41) is 0.516. The van der Waals surface area contributed by atoms with Crippen LogP contribution in [0.15, 0.2) is 54.6 Å². The van der Waals surface area contributed by atoms with E-state index in [4.69, 9.17) is 21.1 Å². The number of ether oxygens (including phenoxy) is 2. The van der Waals surface area contributed by atoms with Crippen molar-refractivity contribution in [3.63, 3.8) is 0 Å². The van der Waals surface area contributed by atoms with Gasteiger partial charge in [0.25, 0.3) is 0 Å². The Kier molecular flexibility index (Phi) is 5.31. The molecule has 6 heteroatoms. The molecular weight excluding hydrogens is 380 g/mol. The van der Waals surface area contributed by atoms with Gasteiger partial charge in [0, 0.05) is 16.5 Å². The molecule has 0 amide bonds. The Bertz CT molecular complexity index is 890. The molecule has 1 fully saturated rings. The lowest BCUT2D eigenvalue weighted by molar-refractivity contribution is -0.163. The van der Waals surface area contributed by atoms with Crippen LogP contribution in [0.25, 0.3) is 0 Å². The Morgan fingerprint density at radius 1 is 0.929 bits per heavy atom. The molecule has 1 saturated carbocycles. The zero-order valence-corrected chi connectivity index (χ0v) is 16.7. The van der Waals surface area contributed by atoms with Crippen molar-refractivity contribution < 1.29 is 23.9 Å². The van der Waals surface area contributed by atoms with Gasteiger partial charge in [-0.3, -0.25) is 14.4 Å². The Hall–Kier alpha value is -2.66. The Balaban J connectivity index is 2.26. The lowest BCUT2D eigenvalue weighted by Gasteiger charge is -2.20. The highest BCUT2D eigenvalue weighted by Gasteiger charge is 2.88. The maximum absolute atomic E-state index is 13.6. The Labute approximate surface area is 168 Å². The highest BCUT2D eigenvalue weighted by atomic mass is 35.5. The molecule has 0 aromatic heterocycles. The first-order chi connectivity index (χ1) is 13.4. The number of hydrogen-bond acceptors (Lipinski definition) is 5. The zero-order chi connectivity index (χ0) is 20.5. The molecule has 0 spiro atoms. The maximum Gasteiger partial charge on any atom is 0.324 e. The summed E-state index contributed by atoms with van der Waals surface area (Å²) in [6, 6.07) is 15.4. The van der Waals surface area contributed by atoms with Crippen molar-refractivity contribution >= 4 is 29.3 Å². The predicted octanol–water partition coefficient (Wildman–Crippen LogP) is 4.05. The number of esters is 2. The van der Waals surface area contributed by atoms with Crippen LogP contribution in [-0.2, 0) is 19.1 Å². The molecule has 0 radical (unpaired) electrons. The van der Waals surface area contributed by atoms with Crippen molar-refractivity contribution in [2.45, 2.75) is 19.3 Å². The number of Topliss-reactive ketones (excluding diaryl/α,β-unsaturated/α-hetero) is 1. The molecule has 2 aromatic carbocycles. The first kappa shape index (κ1) is 20.1. The SMILES string of the molecule is CC[C@]1(C(=O)c2ccccc2)[C@H](c2ccc(Cl)cc2)C1(C(=O)OC)C(=O)OC. The number of halogens is 1. The minimum atomic E-state index is -1.74. The van der Waals surface area contributed by atoms with Gasteiger partial charge in [-0.1, -0.05) is 61.0 Å². The molecule has 1 aliphatic rings. The number of hydrogen-bond donors (Lipinski definition) is 0. The van der Waals surface area contributed by atoms with Gasteiger partial charge in [0.15, 0.2) is 11.2 Å². The number of methoxy groups -OCH3 is 2. The van der Waals surface area contributed by atoms with E-state index in [0.717, 1.165) is 0 Å². The zero-order valence-electron chi connectivity index (χ0n) is 15.9. The van der Waals surface area contributed by atoms with E-state index in [1.54, 1.807) is 61.5 Å². The van der Waals surface area contributed by atoms with Gasteiger partial charge in [0.2, 0.25) is 0 Å². The van der Waals surface area contributed by atoms with E-state index in [-0.39, 0.29) is 12.2 Å². The summed E-state index contributed by atoms with van der Waals surface area (Å²) >= 11 is 6.00. The summed E-state index contributed by atoms with van der Waals surface area (Å²) in [6.07, 6.45) is 0.262. The molecule has 0 N–H and O–H groups in total. The molecule has 0 aliphatic heterocycles. The van der Waals surface area contributed by atoms with Crippen LogP contribution in [-0.4, -0.2) is 31.9 Å². The Morgan fingerprint density at radius 2 is 1.46 bits per heavy atom. The average Bonchev–Trinajstić information content (AvgIpc) is 3.38. The van der Waals surface area contributed by atoms with Gasteiger partial charge in [0.05, 0.1) is 19.6 Å². The predicted molar refractivity (Wildman–Crippen MR) is 104 cm³/mol. The fourth-order valence-electron chi connectivity index (χ4n) is 4.53. The van der Waals surface area contributed by atoms with E-state index in [1.165, 1.54) is 14.2 Å². The second-order valence-corrected chi connectivity index (χ2v) is 7.23. The molecule has 1 aliphatic carbocycles. The number of ketones is 1. The van der Waals surface area contributed by atoms with Crippen molar-refractivity contribution in [3.8, 4) is 0 Å². The lowest BCUT2D eigenvalue weighted by atomic mass is 9.83. The van der Waals surface area contributed by atoms with Gasteiger partial charge in [-0.25, -0.2) is 0 Å². The standard InChI is InChI=1S/C22H21ClO5/c1-4-21(18(24)15-8-6-5-7-9-15)17(14-10-12-16(23)13-11-14)22(21,19(25)27-2)20(26)28-3/h5-13,17H,4H2,1-3H3/t17-,21+/m0/s1. The molecule has 0 unspecified atom stereocenters. The van der Waals surface area contributed by atoms with Gasteiger partial charge < -0.3 is 9.47 Å². The number of carbonyl (C=O) groups excluding carboxylic acids is 3. The van der Waals surface area contributed by atoms with E-state index in [1.807, 2.05) is 0 Å². The summed E-state index contributed by atoms with van der Waals surface area (Å²) in [4.78, 5) is 39.5. The molecule has 2 atom stereocenters. The van der Waals surface area contributed by atoms with Gasteiger partial charge in [0.1, 0.15) is 0 Å². The molecule has 28 heavy (non-hydrogen) atoms. The van der Waals surface area contributed by atoms with Gasteiger partial charge >= 0.3 is 11.9 Å². The van der Waals surface area contributed by atoms with Crippen molar-refractivity contribution in [1.82, 2.24) is 0 Å². The summed E-state index contributed by atoms with van der Waals surface area (Å²) in [7, 11) is 2.41. The third-order valence-corrected chi connectivity index (χ3v) is 6.02. The van der Waals surface area contributed by atoms with Crippen molar-refractivity contribution in [2.75, 3.05) is 14.2 Å². The summed E-state index contributed by atoms with van der Waals surface area (Å²) in [6.45, 7) is 1.79. The van der Waals surface area contributed by atoms with E-state index >= 15 is 0 Å². The lowest BCUT2D eigenvalue weighted by Crippen LogP contribution is -2.37.